The summed E-state index contributed by atoms with van der Waals surface area (Å²) in [5.41, 5.74) is 1.64. The van der Waals surface area contributed by atoms with Gasteiger partial charge in [-0.3, -0.25) is 4.79 Å². The average molecular weight is 410 g/mol. The van der Waals surface area contributed by atoms with Gasteiger partial charge in [0.1, 0.15) is 0 Å². The van der Waals surface area contributed by atoms with Gasteiger partial charge in [-0.1, -0.05) is 25.5 Å². The molecule has 6 heteroatoms. The van der Waals surface area contributed by atoms with E-state index in [4.69, 9.17) is 5.26 Å². The van der Waals surface area contributed by atoms with Crippen LogP contribution in [0, 0.1) is 17.2 Å². The number of nitriles is 1. The normalized spacial score (nSPS) is 22.8. The van der Waals surface area contributed by atoms with Crippen LogP contribution in [0.1, 0.15) is 51.6 Å². The number of rotatable bonds is 9. The first-order valence-corrected chi connectivity index (χ1v) is 11.4. The number of carbonyl (C=O) groups is 1. The van der Waals surface area contributed by atoms with Crippen molar-refractivity contribution in [2.45, 2.75) is 65.0 Å². The zero-order valence-corrected chi connectivity index (χ0v) is 18.5. The average Bonchev–Trinajstić information content (AvgIpc) is 3.50. The van der Waals surface area contributed by atoms with E-state index in [0.29, 0.717) is 18.0 Å². The van der Waals surface area contributed by atoms with E-state index in [1.54, 1.807) is 12.4 Å². The number of carbonyl (C=O) groups excluding carboxylic acids is 1. The van der Waals surface area contributed by atoms with Gasteiger partial charge in [-0.15, -0.1) is 0 Å². The third-order valence-corrected chi connectivity index (χ3v) is 6.52. The number of allylic oxidation sites excluding steroid dienone is 4. The lowest BCUT2D eigenvalue weighted by Crippen LogP contribution is -2.43. The molecule has 0 N–H and O–H groups in total. The molecule has 0 aromatic carbocycles. The molecule has 0 saturated carbocycles. The molecule has 2 saturated heterocycles. The Kier molecular flexibility index (Phi) is 8.27. The molecule has 162 valence electrons. The molecule has 2 aliphatic heterocycles. The Bertz CT molecular complexity index is 803. The van der Waals surface area contributed by atoms with Gasteiger partial charge in [-0.2, -0.15) is 5.26 Å². The van der Waals surface area contributed by atoms with Crippen LogP contribution >= 0.6 is 0 Å². The first-order valence-electron chi connectivity index (χ1n) is 11.4. The molecule has 0 spiro atoms. The van der Waals surface area contributed by atoms with Crippen LogP contribution in [0.25, 0.3) is 0 Å². The van der Waals surface area contributed by atoms with Crippen molar-refractivity contribution in [3.63, 3.8) is 0 Å². The van der Waals surface area contributed by atoms with Crippen LogP contribution in [-0.4, -0.2) is 57.5 Å². The monoisotopic (exact) mass is 409 g/mol. The topological polar surface area (TPSA) is 65.2 Å². The van der Waals surface area contributed by atoms with E-state index in [1.807, 2.05) is 25.3 Å². The van der Waals surface area contributed by atoms with Crippen molar-refractivity contribution in [1.29, 1.82) is 5.26 Å². The zero-order chi connectivity index (χ0) is 21.3. The predicted molar refractivity (Wildman–Crippen MR) is 119 cm³/mol. The maximum atomic E-state index is 13.1. The number of hydrogen-bond donors (Lipinski definition) is 0. The van der Waals surface area contributed by atoms with Gasteiger partial charge < -0.3 is 14.4 Å². The highest BCUT2D eigenvalue weighted by Crippen LogP contribution is 2.24. The molecule has 0 bridgehead atoms. The number of aryl methyl sites for hydroxylation is 1. The largest absolute Gasteiger partial charge is 0.338 e. The molecule has 1 unspecified atom stereocenters. The van der Waals surface area contributed by atoms with Gasteiger partial charge in [0.2, 0.25) is 5.91 Å². The summed E-state index contributed by atoms with van der Waals surface area (Å²) >= 11 is 0. The fourth-order valence-corrected chi connectivity index (χ4v) is 4.64. The minimum atomic E-state index is 0.224. The van der Waals surface area contributed by atoms with Gasteiger partial charge in [-0.25, -0.2) is 4.98 Å². The molecule has 3 rings (SSSR count). The van der Waals surface area contributed by atoms with E-state index in [9.17, 15) is 4.79 Å². The fourth-order valence-electron chi connectivity index (χ4n) is 4.64. The predicted octanol–water partition coefficient (Wildman–Crippen LogP) is 3.56. The molecule has 1 amide bonds. The molecular weight excluding hydrogens is 374 g/mol. The summed E-state index contributed by atoms with van der Waals surface area (Å²) in [6, 6.07) is 2.51. The van der Waals surface area contributed by atoms with Gasteiger partial charge >= 0.3 is 0 Å². The molecule has 3 heterocycles. The molecule has 1 aromatic heterocycles. The summed E-state index contributed by atoms with van der Waals surface area (Å²) in [5.74, 6) is 1.05. The summed E-state index contributed by atoms with van der Waals surface area (Å²) in [4.78, 5) is 22.0. The van der Waals surface area contributed by atoms with Crippen LogP contribution in [0.5, 0.6) is 0 Å². The number of hydrogen-bond acceptors (Lipinski definition) is 4. The van der Waals surface area contributed by atoms with E-state index in [-0.39, 0.29) is 5.91 Å². The number of aromatic nitrogens is 2. The molecular formula is C24H35N5O. The van der Waals surface area contributed by atoms with E-state index >= 15 is 0 Å². The third-order valence-electron chi connectivity index (χ3n) is 6.52. The van der Waals surface area contributed by atoms with Gasteiger partial charge in [0.25, 0.3) is 0 Å². The van der Waals surface area contributed by atoms with Gasteiger partial charge in [0.15, 0.2) is 0 Å². The molecule has 6 nitrogen and oxygen atoms in total. The Balaban J connectivity index is 1.52. The van der Waals surface area contributed by atoms with Gasteiger partial charge in [0.05, 0.1) is 18.8 Å². The maximum Gasteiger partial charge on any atom is 0.228 e. The second kappa shape index (κ2) is 11.1. The highest BCUT2D eigenvalue weighted by molar-refractivity contribution is 5.79. The van der Waals surface area contributed by atoms with Crippen molar-refractivity contribution in [3.05, 3.63) is 42.0 Å². The van der Waals surface area contributed by atoms with Crippen LogP contribution in [0.3, 0.4) is 0 Å². The first kappa shape index (κ1) is 22.3. The SMILES string of the molecule is C/C=C(C#N)\C=C/CCn1cncc1CC(=O)N1CCC[C@H]1CN1CCC(CC)C1. The minimum absolute atomic E-state index is 0.224. The second-order valence-corrected chi connectivity index (χ2v) is 8.51. The summed E-state index contributed by atoms with van der Waals surface area (Å²) in [6.45, 7) is 9.18. The van der Waals surface area contributed by atoms with Crippen molar-refractivity contribution >= 4 is 5.91 Å². The lowest BCUT2D eigenvalue weighted by molar-refractivity contribution is -0.131. The van der Waals surface area contributed by atoms with Crippen LogP contribution < -0.4 is 0 Å². The Morgan fingerprint density at radius 2 is 2.23 bits per heavy atom. The fraction of sp³-hybridized carbons (Fsp3) is 0.625. The summed E-state index contributed by atoms with van der Waals surface area (Å²) < 4.78 is 2.06. The van der Waals surface area contributed by atoms with E-state index in [0.717, 1.165) is 50.5 Å². The van der Waals surface area contributed by atoms with E-state index in [2.05, 4.69) is 32.3 Å². The number of nitrogens with zero attached hydrogens (tertiary/aromatic N) is 5. The second-order valence-electron chi connectivity index (χ2n) is 8.51. The molecule has 2 atom stereocenters. The van der Waals surface area contributed by atoms with E-state index < -0.39 is 0 Å². The Morgan fingerprint density at radius 3 is 2.97 bits per heavy atom. The first-order chi connectivity index (χ1) is 14.6. The molecule has 30 heavy (non-hydrogen) atoms. The molecule has 1 aromatic rings. The molecule has 2 aliphatic rings. The number of amides is 1. The van der Waals surface area contributed by atoms with Crippen LogP contribution in [-0.2, 0) is 17.8 Å². The molecule has 2 fully saturated rings. The zero-order valence-electron chi connectivity index (χ0n) is 18.5. The Morgan fingerprint density at radius 1 is 1.37 bits per heavy atom. The Labute approximate surface area is 180 Å². The molecule has 0 radical (unpaired) electrons. The van der Waals surface area contributed by atoms with Crippen molar-refractivity contribution in [3.8, 4) is 6.07 Å². The smallest absolute Gasteiger partial charge is 0.228 e. The van der Waals surface area contributed by atoms with Gasteiger partial charge in [0, 0.05) is 49.7 Å². The number of imidazole rings is 1. The highest BCUT2D eigenvalue weighted by atomic mass is 16.2. The van der Waals surface area contributed by atoms with Gasteiger partial charge in [-0.05, 0) is 51.1 Å². The summed E-state index contributed by atoms with van der Waals surface area (Å²) in [7, 11) is 0. The maximum absolute atomic E-state index is 13.1. The van der Waals surface area contributed by atoms with Crippen molar-refractivity contribution in [2.24, 2.45) is 5.92 Å². The van der Waals surface area contributed by atoms with Crippen LogP contribution in [0.15, 0.2) is 36.3 Å². The van der Waals surface area contributed by atoms with Crippen molar-refractivity contribution < 1.29 is 4.79 Å². The summed E-state index contributed by atoms with van der Waals surface area (Å²) in [6.07, 6.45) is 15.3. The minimum Gasteiger partial charge on any atom is -0.338 e. The Hall–Kier alpha value is -2.39. The van der Waals surface area contributed by atoms with Crippen molar-refractivity contribution in [1.82, 2.24) is 19.4 Å². The molecule has 0 aliphatic carbocycles. The van der Waals surface area contributed by atoms with Crippen LogP contribution in [0.2, 0.25) is 0 Å². The third kappa shape index (κ3) is 5.82. The summed E-state index contributed by atoms with van der Waals surface area (Å²) in [5, 5.41) is 8.96. The number of likely N-dealkylation sites (tertiary alicyclic amines) is 2. The van der Waals surface area contributed by atoms with Crippen LogP contribution in [0.4, 0.5) is 0 Å². The van der Waals surface area contributed by atoms with Crippen molar-refractivity contribution in [2.75, 3.05) is 26.2 Å². The standard InChI is InChI=1S/C24H35N5O/c1-3-20(15-25)8-5-6-11-28-19-26-16-23(28)14-24(30)29-12-7-9-22(29)18-27-13-10-21(4-2)17-27/h3,5,8,16,19,21-22H,4,6-7,9-14,17-18H2,1-2H3/b8-5-,20-3+/t21?,22-/m0/s1. The lowest BCUT2D eigenvalue weighted by Gasteiger charge is -2.29. The van der Waals surface area contributed by atoms with E-state index in [1.165, 1.54) is 25.9 Å². The highest BCUT2D eigenvalue weighted by Gasteiger charge is 2.32. The quantitative estimate of drug-likeness (QED) is 0.462. The lowest BCUT2D eigenvalue weighted by atomic mass is 10.1.